The molecule has 0 aliphatic carbocycles. The smallest absolute Gasteiger partial charge is 0.276 e. The van der Waals surface area contributed by atoms with Crippen LogP contribution in [0, 0.1) is 6.92 Å². The summed E-state index contributed by atoms with van der Waals surface area (Å²) in [5.41, 5.74) is 4.74. The van der Waals surface area contributed by atoms with Gasteiger partial charge in [0.2, 0.25) is 5.91 Å². The topological polar surface area (TPSA) is 92.6 Å². The van der Waals surface area contributed by atoms with E-state index in [1.54, 1.807) is 43.3 Å². The van der Waals surface area contributed by atoms with Crippen LogP contribution in [-0.4, -0.2) is 23.5 Å². The van der Waals surface area contributed by atoms with Gasteiger partial charge >= 0.3 is 0 Å². The fourth-order valence-electron chi connectivity index (χ4n) is 1.73. The van der Waals surface area contributed by atoms with Crippen molar-refractivity contribution in [2.75, 3.05) is 6.61 Å². The van der Waals surface area contributed by atoms with Crippen molar-refractivity contribution in [1.29, 1.82) is 0 Å². The zero-order chi connectivity index (χ0) is 18.9. The number of carbonyl (C=O) groups excluding carboxylic acids is 2. The Morgan fingerprint density at radius 1 is 1.19 bits per heavy atom. The molecule has 0 aliphatic rings. The van der Waals surface area contributed by atoms with Gasteiger partial charge in [-0.25, -0.2) is 0 Å². The molecule has 3 N–H and O–H groups in total. The average Bonchev–Trinajstić information content (AvgIpc) is 3.03. The molecule has 1 aromatic carbocycles. The molecule has 0 saturated heterocycles. The molecule has 1 aromatic heterocycles. The quantitative estimate of drug-likeness (QED) is 0.378. The van der Waals surface area contributed by atoms with Gasteiger partial charge in [-0.05, 0) is 61.6 Å². The molecule has 0 saturated carbocycles. The van der Waals surface area contributed by atoms with Crippen LogP contribution in [0.3, 0.4) is 0 Å². The van der Waals surface area contributed by atoms with Crippen LogP contribution in [0.2, 0.25) is 0 Å². The minimum absolute atomic E-state index is 0.0488. The Morgan fingerprint density at radius 3 is 2.58 bits per heavy atom. The highest BCUT2D eigenvalue weighted by molar-refractivity contribution is 9.10. The number of carbonyl (C=O) groups is 2. The van der Waals surface area contributed by atoms with E-state index in [0.717, 1.165) is 10.2 Å². The summed E-state index contributed by atoms with van der Waals surface area (Å²) >= 11 is 8.22. The Bertz CT molecular complexity index is 818. The maximum atomic E-state index is 11.7. The highest BCUT2D eigenvalue weighted by atomic mass is 79.9. The second kappa shape index (κ2) is 9.73. The van der Waals surface area contributed by atoms with Gasteiger partial charge in [0.1, 0.15) is 17.3 Å². The second-order valence-electron chi connectivity index (χ2n) is 5.02. The summed E-state index contributed by atoms with van der Waals surface area (Å²) in [6, 6.07) is 10.6. The number of amides is 2. The normalized spacial score (nSPS) is 10.4. The first kappa shape index (κ1) is 19.7. The summed E-state index contributed by atoms with van der Waals surface area (Å²) in [5.74, 6) is 0.936. The molecule has 0 unspecified atom stereocenters. The van der Waals surface area contributed by atoms with E-state index in [1.165, 1.54) is 12.2 Å². The van der Waals surface area contributed by atoms with E-state index >= 15 is 0 Å². The summed E-state index contributed by atoms with van der Waals surface area (Å²) in [5, 5.41) is 2.34. The van der Waals surface area contributed by atoms with Crippen molar-refractivity contribution in [3.8, 4) is 5.75 Å². The summed E-state index contributed by atoms with van der Waals surface area (Å²) in [6.45, 7) is 1.60. The minimum atomic E-state index is -0.461. The Hall–Kier alpha value is -2.65. The molecule has 0 radical (unpaired) electrons. The number of rotatable bonds is 5. The lowest BCUT2D eigenvalue weighted by atomic mass is 10.3. The van der Waals surface area contributed by atoms with Gasteiger partial charge < -0.3 is 9.15 Å². The number of benzene rings is 1. The molecule has 0 spiro atoms. The molecule has 2 aromatic rings. The number of hydrogen-bond acceptors (Lipinski definition) is 5. The molecule has 7 nitrogen and oxygen atoms in total. The first-order chi connectivity index (χ1) is 12.4. The van der Waals surface area contributed by atoms with Crippen molar-refractivity contribution >= 4 is 51.2 Å². The van der Waals surface area contributed by atoms with Crippen LogP contribution in [-0.2, 0) is 9.59 Å². The van der Waals surface area contributed by atoms with Gasteiger partial charge in [-0.15, -0.1) is 0 Å². The lowest BCUT2D eigenvalue weighted by Crippen LogP contribution is -2.49. The molecule has 2 rings (SSSR count). The number of furan rings is 1. The van der Waals surface area contributed by atoms with Crippen LogP contribution in [0.1, 0.15) is 11.5 Å². The number of thiocarbonyl (C=S) groups is 1. The standard InChI is InChI=1S/C17H16BrN3O4S/c1-11-2-5-14(25-11)8-9-15(22)19-17(26)21-20-16(23)10-24-13-6-3-12(18)4-7-13/h2-9H,10H2,1H3,(H,20,23)(H2,19,21,22,26)/b9-8+. The average molecular weight is 438 g/mol. The number of aryl methyl sites for hydroxylation is 1. The number of halogens is 1. The Morgan fingerprint density at radius 2 is 1.92 bits per heavy atom. The number of nitrogens with one attached hydrogen (secondary N) is 3. The van der Waals surface area contributed by atoms with Gasteiger partial charge in [-0.2, -0.15) is 0 Å². The second-order valence-corrected chi connectivity index (χ2v) is 6.34. The highest BCUT2D eigenvalue weighted by Gasteiger charge is 2.05. The fraction of sp³-hybridized carbons (Fsp3) is 0.118. The Labute approximate surface area is 163 Å². The van der Waals surface area contributed by atoms with Gasteiger partial charge in [-0.3, -0.25) is 25.8 Å². The highest BCUT2D eigenvalue weighted by Crippen LogP contribution is 2.15. The molecule has 9 heteroatoms. The van der Waals surface area contributed by atoms with Crippen molar-refractivity contribution in [3.63, 3.8) is 0 Å². The molecular weight excluding hydrogens is 422 g/mol. The maximum absolute atomic E-state index is 11.7. The minimum Gasteiger partial charge on any atom is -0.484 e. The van der Waals surface area contributed by atoms with Crippen LogP contribution in [0.15, 0.2) is 51.4 Å². The number of hydrogen-bond donors (Lipinski definition) is 3. The summed E-state index contributed by atoms with van der Waals surface area (Å²) < 4.78 is 11.5. The van der Waals surface area contributed by atoms with Crippen LogP contribution >= 0.6 is 28.1 Å². The van der Waals surface area contributed by atoms with Crippen LogP contribution in [0.5, 0.6) is 5.75 Å². The number of ether oxygens (including phenoxy) is 1. The van der Waals surface area contributed by atoms with Crippen molar-refractivity contribution in [2.45, 2.75) is 6.92 Å². The SMILES string of the molecule is Cc1ccc(/C=C/C(=O)NC(=S)NNC(=O)COc2ccc(Br)cc2)o1. The molecule has 26 heavy (non-hydrogen) atoms. The van der Waals surface area contributed by atoms with E-state index in [2.05, 4.69) is 32.1 Å². The zero-order valence-electron chi connectivity index (χ0n) is 13.7. The van der Waals surface area contributed by atoms with E-state index in [9.17, 15) is 9.59 Å². The summed E-state index contributed by atoms with van der Waals surface area (Å²) in [4.78, 5) is 23.4. The third-order valence-corrected chi connectivity index (χ3v) is 3.63. The maximum Gasteiger partial charge on any atom is 0.276 e. The van der Waals surface area contributed by atoms with Crippen molar-refractivity contribution in [1.82, 2.24) is 16.2 Å². The monoisotopic (exact) mass is 437 g/mol. The Balaban J connectivity index is 1.67. The van der Waals surface area contributed by atoms with Crippen molar-refractivity contribution < 1.29 is 18.7 Å². The molecule has 1 heterocycles. The van der Waals surface area contributed by atoms with Gasteiger partial charge in [0.25, 0.3) is 5.91 Å². The van der Waals surface area contributed by atoms with Crippen LogP contribution < -0.4 is 20.9 Å². The fourth-order valence-corrected chi connectivity index (χ4v) is 2.14. The predicted octanol–water partition coefficient (Wildman–Crippen LogP) is 2.46. The van der Waals surface area contributed by atoms with Gasteiger partial charge in [0.15, 0.2) is 11.7 Å². The van der Waals surface area contributed by atoms with Gasteiger partial charge in [0.05, 0.1) is 0 Å². The molecule has 0 aliphatic heterocycles. The predicted molar refractivity (Wildman–Crippen MR) is 104 cm³/mol. The first-order valence-corrected chi connectivity index (χ1v) is 8.65. The van der Waals surface area contributed by atoms with E-state index < -0.39 is 11.8 Å². The molecule has 0 fully saturated rings. The summed E-state index contributed by atoms with van der Waals surface area (Å²) in [7, 11) is 0. The third kappa shape index (κ3) is 7.08. The first-order valence-electron chi connectivity index (χ1n) is 7.45. The van der Waals surface area contributed by atoms with Crippen LogP contribution in [0.25, 0.3) is 6.08 Å². The molecule has 136 valence electrons. The summed E-state index contributed by atoms with van der Waals surface area (Å²) in [6.07, 6.45) is 2.78. The van der Waals surface area contributed by atoms with Gasteiger partial charge in [-0.1, -0.05) is 15.9 Å². The van der Waals surface area contributed by atoms with Crippen molar-refractivity contribution in [3.05, 3.63) is 58.5 Å². The van der Waals surface area contributed by atoms with E-state index in [-0.39, 0.29) is 11.7 Å². The zero-order valence-corrected chi connectivity index (χ0v) is 16.1. The number of hydrazine groups is 1. The molecular formula is C17H16BrN3O4S. The van der Waals surface area contributed by atoms with E-state index in [4.69, 9.17) is 21.4 Å². The van der Waals surface area contributed by atoms with Crippen molar-refractivity contribution in [2.24, 2.45) is 0 Å². The van der Waals surface area contributed by atoms with Gasteiger partial charge in [0, 0.05) is 10.5 Å². The molecule has 0 bridgehead atoms. The van der Waals surface area contributed by atoms with E-state index in [0.29, 0.717) is 11.5 Å². The largest absolute Gasteiger partial charge is 0.484 e. The van der Waals surface area contributed by atoms with E-state index in [1.807, 2.05) is 0 Å². The molecule has 0 atom stereocenters. The molecule has 2 amide bonds. The lowest BCUT2D eigenvalue weighted by Gasteiger charge is -2.10. The Kier molecular flexibility index (Phi) is 7.37. The lowest BCUT2D eigenvalue weighted by molar-refractivity contribution is -0.123. The third-order valence-electron chi connectivity index (χ3n) is 2.90. The van der Waals surface area contributed by atoms with Crippen LogP contribution in [0.4, 0.5) is 0 Å².